The predicted octanol–water partition coefficient (Wildman–Crippen LogP) is 2.14. The summed E-state index contributed by atoms with van der Waals surface area (Å²) in [5.41, 5.74) is 5.76. The van der Waals surface area contributed by atoms with Crippen molar-refractivity contribution in [3.8, 4) is 0 Å². The van der Waals surface area contributed by atoms with Gasteiger partial charge in [0.15, 0.2) is 5.16 Å². The van der Waals surface area contributed by atoms with Crippen LogP contribution in [0.1, 0.15) is 19.4 Å². The van der Waals surface area contributed by atoms with E-state index in [1.165, 1.54) is 23.9 Å². The highest BCUT2D eigenvalue weighted by atomic mass is 32.2. The molecule has 5 nitrogen and oxygen atoms in total. The zero-order valence-electron chi connectivity index (χ0n) is 11.8. The second-order valence-corrected chi connectivity index (χ2v) is 5.86. The van der Waals surface area contributed by atoms with Gasteiger partial charge in [0.1, 0.15) is 11.6 Å². The fraction of sp³-hybridized carbons (Fsp3) is 0.286. The number of nitrogens with zero attached hydrogens (tertiary/aromatic N) is 1. The normalized spacial score (nSPS) is 11.0. The van der Waals surface area contributed by atoms with Crippen molar-refractivity contribution in [2.75, 3.05) is 5.73 Å². The van der Waals surface area contributed by atoms with Gasteiger partial charge in [-0.15, -0.1) is 0 Å². The Balaban J connectivity index is 2.30. The summed E-state index contributed by atoms with van der Waals surface area (Å²) in [6, 6.07) is 6.27. The number of aromatic amines is 1. The molecule has 4 N–H and O–H groups in total. The van der Waals surface area contributed by atoms with Crippen LogP contribution in [0.15, 0.2) is 39.1 Å². The van der Waals surface area contributed by atoms with Crippen LogP contribution in [-0.2, 0) is 6.54 Å². The quantitative estimate of drug-likeness (QED) is 0.737. The number of nitrogen functional groups attached to an aromatic ring is 1. The van der Waals surface area contributed by atoms with Gasteiger partial charge in [-0.2, -0.15) is 0 Å². The molecule has 0 radical (unpaired) electrons. The van der Waals surface area contributed by atoms with Crippen molar-refractivity contribution in [3.05, 3.63) is 46.0 Å². The number of benzene rings is 1. The summed E-state index contributed by atoms with van der Waals surface area (Å²) < 4.78 is 14.0. The lowest BCUT2D eigenvalue weighted by atomic mass is 10.2. The van der Waals surface area contributed by atoms with Crippen molar-refractivity contribution in [2.24, 2.45) is 0 Å². The number of rotatable bonds is 5. The van der Waals surface area contributed by atoms with Crippen LogP contribution in [0.2, 0.25) is 0 Å². The number of halogens is 1. The summed E-state index contributed by atoms with van der Waals surface area (Å²) in [4.78, 5) is 18.7. The van der Waals surface area contributed by atoms with Crippen LogP contribution in [0.25, 0.3) is 0 Å². The summed E-state index contributed by atoms with van der Waals surface area (Å²) in [6.45, 7) is 4.38. The molecule has 1 aromatic carbocycles. The van der Waals surface area contributed by atoms with Crippen LogP contribution in [0.3, 0.4) is 0 Å². The maximum Gasteiger partial charge on any atom is 0.253 e. The Morgan fingerprint density at radius 1 is 1.48 bits per heavy atom. The molecule has 7 heteroatoms. The second-order valence-electron chi connectivity index (χ2n) is 4.83. The van der Waals surface area contributed by atoms with E-state index in [2.05, 4.69) is 15.3 Å². The minimum atomic E-state index is -0.330. The van der Waals surface area contributed by atoms with Gasteiger partial charge in [-0.1, -0.05) is 31.7 Å². The number of hydrogen-bond acceptors (Lipinski definition) is 5. The Kier molecular flexibility index (Phi) is 4.98. The molecule has 0 aliphatic rings. The number of aromatic nitrogens is 2. The van der Waals surface area contributed by atoms with E-state index in [1.54, 1.807) is 12.1 Å². The molecule has 0 fully saturated rings. The van der Waals surface area contributed by atoms with Crippen molar-refractivity contribution >= 4 is 17.6 Å². The van der Waals surface area contributed by atoms with Gasteiger partial charge in [0.2, 0.25) is 0 Å². The first-order valence-corrected chi connectivity index (χ1v) is 7.33. The number of anilines is 1. The van der Waals surface area contributed by atoms with Crippen LogP contribution < -0.4 is 16.6 Å². The number of nitrogens with one attached hydrogen (secondary N) is 2. The molecule has 0 aliphatic carbocycles. The molecular formula is C14H17FN4OS. The highest BCUT2D eigenvalue weighted by Crippen LogP contribution is 2.29. The average Bonchev–Trinajstić information content (AvgIpc) is 2.36. The Hall–Kier alpha value is -1.86. The fourth-order valence-corrected chi connectivity index (χ4v) is 2.67. The van der Waals surface area contributed by atoms with Crippen molar-refractivity contribution in [1.82, 2.24) is 15.3 Å². The van der Waals surface area contributed by atoms with Crippen LogP contribution in [0, 0.1) is 5.82 Å². The molecule has 0 aliphatic heterocycles. The molecule has 112 valence electrons. The third-order valence-electron chi connectivity index (χ3n) is 2.71. The molecule has 1 aromatic heterocycles. The zero-order valence-corrected chi connectivity index (χ0v) is 12.6. The lowest BCUT2D eigenvalue weighted by Gasteiger charge is -2.13. The predicted molar refractivity (Wildman–Crippen MR) is 81.8 cm³/mol. The highest BCUT2D eigenvalue weighted by Gasteiger charge is 2.11. The largest absolute Gasteiger partial charge is 0.383 e. The topological polar surface area (TPSA) is 83.8 Å². The molecule has 21 heavy (non-hydrogen) atoms. The third kappa shape index (κ3) is 4.30. The molecule has 0 saturated carbocycles. The van der Waals surface area contributed by atoms with Gasteiger partial charge in [-0.25, -0.2) is 9.37 Å². The van der Waals surface area contributed by atoms with Crippen molar-refractivity contribution in [2.45, 2.75) is 36.5 Å². The van der Waals surface area contributed by atoms with E-state index in [4.69, 9.17) is 5.73 Å². The van der Waals surface area contributed by atoms with Gasteiger partial charge < -0.3 is 16.0 Å². The Morgan fingerprint density at radius 3 is 2.90 bits per heavy atom. The van der Waals surface area contributed by atoms with Gasteiger partial charge in [-0.05, 0) is 12.1 Å². The van der Waals surface area contributed by atoms with Gasteiger partial charge in [0.25, 0.3) is 5.56 Å². The van der Waals surface area contributed by atoms with Gasteiger partial charge >= 0.3 is 0 Å². The monoisotopic (exact) mass is 308 g/mol. The summed E-state index contributed by atoms with van der Waals surface area (Å²) in [5, 5.41) is 3.53. The first kappa shape index (κ1) is 15.5. The Bertz CT molecular complexity index is 687. The molecule has 2 aromatic rings. The Morgan fingerprint density at radius 2 is 2.24 bits per heavy atom. The summed E-state index contributed by atoms with van der Waals surface area (Å²) in [6.07, 6.45) is 0. The Labute approximate surface area is 126 Å². The number of H-pyrrole nitrogens is 1. The van der Waals surface area contributed by atoms with Crippen molar-refractivity contribution in [1.29, 1.82) is 0 Å². The van der Waals surface area contributed by atoms with Crippen molar-refractivity contribution in [3.63, 3.8) is 0 Å². The molecule has 0 bridgehead atoms. The third-order valence-corrected chi connectivity index (χ3v) is 3.70. The number of hydrogen-bond donors (Lipinski definition) is 3. The molecule has 2 rings (SSSR count). The lowest BCUT2D eigenvalue weighted by Crippen LogP contribution is -2.22. The van der Waals surface area contributed by atoms with E-state index < -0.39 is 0 Å². The van der Waals surface area contributed by atoms with Gasteiger partial charge in [0, 0.05) is 29.1 Å². The first-order chi connectivity index (χ1) is 9.95. The average molecular weight is 308 g/mol. The van der Waals surface area contributed by atoms with Crippen molar-refractivity contribution < 1.29 is 4.39 Å². The smallest absolute Gasteiger partial charge is 0.253 e. The molecule has 0 saturated heterocycles. The summed E-state index contributed by atoms with van der Waals surface area (Å²) >= 11 is 1.18. The van der Waals surface area contributed by atoms with E-state index >= 15 is 0 Å². The molecule has 0 amide bonds. The van der Waals surface area contributed by atoms with Crippen LogP contribution in [0.5, 0.6) is 0 Å². The van der Waals surface area contributed by atoms with E-state index in [0.29, 0.717) is 22.2 Å². The van der Waals surface area contributed by atoms with Gasteiger partial charge in [0.05, 0.1) is 0 Å². The maximum absolute atomic E-state index is 14.0. The lowest BCUT2D eigenvalue weighted by molar-refractivity contribution is 0.546. The minimum absolute atomic E-state index is 0.138. The fourth-order valence-electron chi connectivity index (χ4n) is 1.72. The molecule has 0 atom stereocenters. The van der Waals surface area contributed by atoms with Gasteiger partial charge in [-0.3, -0.25) is 4.79 Å². The second kappa shape index (κ2) is 6.73. The maximum atomic E-state index is 14.0. The number of nitrogens with two attached hydrogens (primary N) is 1. The van der Waals surface area contributed by atoms with Crippen LogP contribution in [0.4, 0.5) is 10.2 Å². The van der Waals surface area contributed by atoms with Crippen LogP contribution >= 0.6 is 11.8 Å². The molecule has 1 heterocycles. The zero-order chi connectivity index (χ0) is 15.4. The molecule has 0 unspecified atom stereocenters. The van der Waals surface area contributed by atoms with E-state index in [9.17, 15) is 9.18 Å². The van der Waals surface area contributed by atoms with E-state index in [0.717, 1.165) is 0 Å². The molecular weight excluding hydrogens is 291 g/mol. The first-order valence-electron chi connectivity index (χ1n) is 6.51. The molecule has 0 spiro atoms. The van der Waals surface area contributed by atoms with E-state index in [1.807, 2.05) is 13.8 Å². The highest BCUT2D eigenvalue weighted by molar-refractivity contribution is 7.99. The standard InChI is InChI=1S/C14H17FN4OS/c1-8(2)17-7-9-10(15)4-3-5-11(9)21-14-18-12(16)6-13(20)19-14/h3-6,8,17H,7H2,1-2H3,(H3,16,18,19,20). The van der Waals surface area contributed by atoms with Crippen LogP contribution in [-0.4, -0.2) is 16.0 Å². The summed E-state index contributed by atoms with van der Waals surface area (Å²) in [7, 11) is 0. The SMILES string of the molecule is CC(C)NCc1c(F)cccc1Sc1nc(N)cc(=O)[nH]1. The summed E-state index contributed by atoms with van der Waals surface area (Å²) in [5.74, 6) is -0.154. The minimum Gasteiger partial charge on any atom is -0.383 e. The van der Waals surface area contributed by atoms with E-state index in [-0.39, 0.29) is 23.2 Å².